The number of amides is 2. The molecule has 3 rings (SSSR count). The van der Waals surface area contributed by atoms with Crippen LogP contribution in [0.4, 0.5) is 27.9 Å². The molecule has 0 aliphatic carbocycles. The average molecular weight is 370 g/mol. The molecule has 1 fully saturated rings. The Hall–Kier alpha value is -3.03. The van der Waals surface area contributed by atoms with Crippen molar-refractivity contribution in [3.63, 3.8) is 0 Å². The van der Waals surface area contributed by atoms with Gasteiger partial charge in [0.05, 0.1) is 19.0 Å². The maximum absolute atomic E-state index is 12.4. The third kappa shape index (κ3) is 4.58. The number of urea groups is 1. The molecule has 1 saturated heterocycles. The first-order valence-corrected chi connectivity index (χ1v) is 9.09. The van der Waals surface area contributed by atoms with Crippen molar-refractivity contribution in [1.29, 1.82) is 0 Å². The van der Waals surface area contributed by atoms with Gasteiger partial charge in [-0.05, 0) is 31.4 Å². The third-order valence-corrected chi connectivity index (χ3v) is 4.42. The van der Waals surface area contributed by atoms with E-state index in [2.05, 4.69) is 25.5 Å². The lowest BCUT2D eigenvalue weighted by atomic mass is 10.1. The zero-order valence-electron chi connectivity index (χ0n) is 16.0. The minimum atomic E-state index is -0.378. The Bertz CT molecular complexity index is 790. The SMILES string of the molecule is COc1ccccc1NC(=O)Nc1cnc(N2CCCCC2)nc1N(C)C. The van der Waals surface area contributed by atoms with Crippen LogP contribution in [0.5, 0.6) is 5.75 Å². The summed E-state index contributed by atoms with van der Waals surface area (Å²) in [5, 5.41) is 5.63. The van der Waals surface area contributed by atoms with Crippen molar-refractivity contribution >= 4 is 29.2 Å². The third-order valence-electron chi connectivity index (χ3n) is 4.42. The van der Waals surface area contributed by atoms with Gasteiger partial charge in [-0.25, -0.2) is 9.78 Å². The molecule has 0 atom stereocenters. The Morgan fingerprint density at radius 1 is 1.11 bits per heavy atom. The van der Waals surface area contributed by atoms with Gasteiger partial charge in [-0.15, -0.1) is 0 Å². The summed E-state index contributed by atoms with van der Waals surface area (Å²) in [7, 11) is 5.35. The number of methoxy groups -OCH3 is 1. The number of benzene rings is 1. The van der Waals surface area contributed by atoms with Crippen LogP contribution in [0.2, 0.25) is 0 Å². The molecule has 1 aliphatic heterocycles. The second-order valence-corrected chi connectivity index (χ2v) is 6.63. The zero-order chi connectivity index (χ0) is 19.2. The fourth-order valence-electron chi connectivity index (χ4n) is 3.06. The molecule has 8 nitrogen and oxygen atoms in total. The molecule has 1 aliphatic rings. The van der Waals surface area contributed by atoms with Crippen LogP contribution in [0.15, 0.2) is 30.5 Å². The van der Waals surface area contributed by atoms with Crippen LogP contribution in [-0.2, 0) is 0 Å². The van der Waals surface area contributed by atoms with E-state index in [9.17, 15) is 4.79 Å². The van der Waals surface area contributed by atoms with E-state index in [1.54, 1.807) is 25.4 Å². The number of carbonyl (C=O) groups is 1. The normalized spacial score (nSPS) is 13.8. The quantitative estimate of drug-likeness (QED) is 0.841. The highest BCUT2D eigenvalue weighted by molar-refractivity contribution is 6.02. The predicted octanol–water partition coefficient (Wildman–Crippen LogP) is 3.19. The average Bonchev–Trinajstić information content (AvgIpc) is 2.69. The number of carbonyl (C=O) groups excluding carboxylic acids is 1. The number of aromatic nitrogens is 2. The Labute approximate surface area is 159 Å². The predicted molar refractivity (Wildman–Crippen MR) is 108 cm³/mol. The molecule has 0 spiro atoms. The van der Waals surface area contributed by atoms with Gasteiger partial charge < -0.3 is 25.2 Å². The van der Waals surface area contributed by atoms with E-state index in [1.165, 1.54) is 6.42 Å². The Morgan fingerprint density at radius 3 is 2.52 bits per heavy atom. The lowest BCUT2D eigenvalue weighted by Gasteiger charge is -2.28. The number of rotatable bonds is 5. The van der Waals surface area contributed by atoms with Crippen molar-refractivity contribution in [3.05, 3.63) is 30.5 Å². The first-order valence-electron chi connectivity index (χ1n) is 9.09. The smallest absolute Gasteiger partial charge is 0.323 e. The van der Waals surface area contributed by atoms with E-state index in [0.717, 1.165) is 25.9 Å². The lowest BCUT2D eigenvalue weighted by molar-refractivity contribution is 0.262. The van der Waals surface area contributed by atoms with Crippen LogP contribution in [0.3, 0.4) is 0 Å². The second kappa shape index (κ2) is 8.57. The number of nitrogens with one attached hydrogen (secondary N) is 2. The van der Waals surface area contributed by atoms with Gasteiger partial charge in [0.15, 0.2) is 5.82 Å². The van der Waals surface area contributed by atoms with Gasteiger partial charge in [0, 0.05) is 27.2 Å². The van der Waals surface area contributed by atoms with E-state index >= 15 is 0 Å². The van der Waals surface area contributed by atoms with Crippen LogP contribution in [0, 0.1) is 0 Å². The molecule has 2 amide bonds. The number of anilines is 4. The highest BCUT2D eigenvalue weighted by atomic mass is 16.5. The number of hydrogen-bond acceptors (Lipinski definition) is 6. The van der Waals surface area contributed by atoms with Crippen molar-refractivity contribution < 1.29 is 9.53 Å². The Kier molecular flexibility index (Phi) is 5.95. The first kappa shape index (κ1) is 18.8. The summed E-state index contributed by atoms with van der Waals surface area (Å²) in [4.78, 5) is 25.6. The van der Waals surface area contributed by atoms with Crippen LogP contribution >= 0.6 is 0 Å². The van der Waals surface area contributed by atoms with Gasteiger partial charge in [0.25, 0.3) is 0 Å². The van der Waals surface area contributed by atoms with E-state index in [1.807, 2.05) is 31.1 Å². The number of piperidine rings is 1. The van der Waals surface area contributed by atoms with Gasteiger partial charge >= 0.3 is 6.03 Å². The van der Waals surface area contributed by atoms with E-state index < -0.39 is 0 Å². The van der Waals surface area contributed by atoms with E-state index in [-0.39, 0.29) is 6.03 Å². The standard InChI is InChI=1S/C19H26N6O2/c1-24(2)17-15(13-20-18(23-17)25-11-7-4-8-12-25)22-19(26)21-14-9-5-6-10-16(14)27-3/h5-6,9-10,13H,4,7-8,11-12H2,1-3H3,(H2,21,22,26). The Morgan fingerprint density at radius 2 is 1.81 bits per heavy atom. The molecule has 8 heteroatoms. The number of ether oxygens (including phenoxy) is 1. The number of hydrogen-bond donors (Lipinski definition) is 2. The molecule has 0 unspecified atom stereocenters. The van der Waals surface area contributed by atoms with Crippen LogP contribution in [0.1, 0.15) is 19.3 Å². The molecule has 1 aromatic heterocycles. The highest BCUT2D eigenvalue weighted by Crippen LogP contribution is 2.26. The molecule has 0 bridgehead atoms. The van der Waals surface area contributed by atoms with E-state index in [4.69, 9.17) is 4.74 Å². The van der Waals surface area contributed by atoms with Crippen molar-refractivity contribution in [3.8, 4) is 5.75 Å². The monoisotopic (exact) mass is 370 g/mol. The van der Waals surface area contributed by atoms with Gasteiger partial charge in [-0.3, -0.25) is 0 Å². The van der Waals surface area contributed by atoms with Gasteiger partial charge in [-0.2, -0.15) is 4.98 Å². The summed E-state index contributed by atoms with van der Waals surface area (Å²) in [6.45, 7) is 1.93. The number of nitrogens with zero attached hydrogens (tertiary/aromatic N) is 4. The minimum absolute atomic E-state index is 0.378. The molecule has 144 valence electrons. The van der Waals surface area contributed by atoms with Crippen LogP contribution < -0.4 is 25.2 Å². The molecule has 1 aromatic carbocycles. The molecule has 0 saturated carbocycles. The van der Waals surface area contributed by atoms with Crippen LogP contribution in [0.25, 0.3) is 0 Å². The summed E-state index contributed by atoms with van der Waals surface area (Å²) in [6.07, 6.45) is 5.22. The van der Waals surface area contributed by atoms with E-state index in [0.29, 0.717) is 28.9 Å². The summed E-state index contributed by atoms with van der Waals surface area (Å²) >= 11 is 0. The maximum atomic E-state index is 12.4. The molecular weight excluding hydrogens is 344 g/mol. The summed E-state index contributed by atoms with van der Waals surface area (Å²) in [5.74, 6) is 1.96. The minimum Gasteiger partial charge on any atom is -0.495 e. The molecule has 2 N–H and O–H groups in total. The first-order chi connectivity index (χ1) is 13.1. The molecular formula is C19H26N6O2. The Balaban J connectivity index is 1.76. The van der Waals surface area contributed by atoms with Gasteiger partial charge in [0.1, 0.15) is 11.4 Å². The highest BCUT2D eigenvalue weighted by Gasteiger charge is 2.18. The van der Waals surface area contributed by atoms with Crippen molar-refractivity contribution in [2.45, 2.75) is 19.3 Å². The summed E-state index contributed by atoms with van der Waals surface area (Å²) < 4.78 is 5.26. The maximum Gasteiger partial charge on any atom is 0.323 e. The zero-order valence-corrected chi connectivity index (χ0v) is 16.0. The van der Waals surface area contributed by atoms with Crippen molar-refractivity contribution in [2.75, 3.05) is 54.7 Å². The summed E-state index contributed by atoms with van der Waals surface area (Å²) in [5.41, 5.74) is 1.14. The molecule has 2 heterocycles. The summed E-state index contributed by atoms with van der Waals surface area (Å²) in [6, 6.07) is 6.87. The van der Waals surface area contributed by atoms with Crippen LogP contribution in [-0.4, -0.2) is 50.3 Å². The number of para-hydroxylation sites is 2. The lowest BCUT2D eigenvalue weighted by Crippen LogP contribution is -2.31. The second-order valence-electron chi connectivity index (χ2n) is 6.63. The topological polar surface area (TPSA) is 82.6 Å². The molecule has 2 aromatic rings. The fraction of sp³-hybridized carbons (Fsp3) is 0.421. The van der Waals surface area contributed by atoms with Gasteiger partial charge in [0.2, 0.25) is 5.95 Å². The van der Waals surface area contributed by atoms with Gasteiger partial charge in [-0.1, -0.05) is 12.1 Å². The largest absolute Gasteiger partial charge is 0.495 e. The molecule has 0 radical (unpaired) electrons. The fourth-order valence-corrected chi connectivity index (χ4v) is 3.06. The molecule has 27 heavy (non-hydrogen) atoms. The van der Waals surface area contributed by atoms with Crippen molar-refractivity contribution in [2.24, 2.45) is 0 Å². The van der Waals surface area contributed by atoms with Crippen molar-refractivity contribution in [1.82, 2.24) is 9.97 Å².